The fourth-order valence-corrected chi connectivity index (χ4v) is 2.39. The van der Waals surface area contributed by atoms with Crippen molar-refractivity contribution in [1.82, 2.24) is 25.2 Å². The number of carbonyl (C=O) groups is 1. The van der Waals surface area contributed by atoms with Crippen LogP contribution in [0.3, 0.4) is 0 Å². The molecule has 1 aromatic heterocycles. The van der Waals surface area contributed by atoms with Gasteiger partial charge in [0, 0.05) is 31.7 Å². The second kappa shape index (κ2) is 6.35. The number of nitrogens with zero attached hydrogens (tertiary/aromatic N) is 4. The maximum Gasteiger partial charge on any atom is 0.276 e. The number of hydrogen-bond acceptors (Lipinski definition) is 4. The second-order valence-electron chi connectivity index (χ2n) is 6.03. The number of hydrogen-bond donors (Lipinski definition) is 1. The Morgan fingerprint density at radius 3 is 2.95 bits per heavy atom. The minimum absolute atomic E-state index is 0.0124. The first-order chi connectivity index (χ1) is 9.49. The number of aromatic nitrogens is 3. The normalized spacial score (nSPS) is 23.4. The van der Waals surface area contributed by atoms with Crippen LogP contribution in [0.4, 0.5) is 0 Å². The number of carbonyl (C=O) groups excluding carboxylic acids is 1. The Bertz CT molecular complexity index is 456. The predicted molar refractivity (Wildman–Crippen MR) is 77.4 cm³/mol. The summed E-state index contributed by atoms with van der Waals surface area (Å²) in [6, 6.07) is 0.487. The van der Waals surface area contributed by atoms with Crippen molar-refractivity contribution in [2.45, 2.75) is 52.7 Å². The van der Waals surface area contributed by atoms with Gasteiger partial charge in [-0.25, -0.2) is 0 Å². The van der Waals surface area contributed by atoms with Crippen molar-refractivity contribution in [3.63, 3.8) is 0 Å². The lowest BCUT2D eigenvalue weighted by molar-refractivity contribution is 0.0597. The number of rotatable bonds is 4. The fraction of sp³-hybridized carbons (Fsp3) is 0.786. The summed E-state index contributed by atoms with van der Waals surface area (Å²) in [6.45, 7) is 10.9. The van der Waals surface area contributed by atoms with Crippen LogP contribution in [0, 0.1) is 5.92 Å². The van der Waals surface area contributed by atoms with E-state index in [0.29, 0.717) is 17.7 Å². The molecule has 2 heterocycles. The zero-order chi connectivity index (χ0) is 14.7. The highest BCUT2D eigenvalue weighted by atomic mass is 16.2. The number of amides is 1. The second-order valence-corrected chi connectivity index (χ2v) is 6.03. The monoisotopic (exact) mass is 279 g/mol. The van der Waals surface area contributed by atoms with Crippen molar-refractivity contribution in [1.29, 1.82) is 0 Å². The van der Waals surface area contributed by atoms with Gasteiger partial charge in [0.25, 0.3) is 5.91 Å². The zero-order valence-corrected chi connectivity index (χ0v) is 12.8. The predicted octanol–water partition coefficient (Wildman–Crippen LogP) is 1.15. The Balaban J connectivity index is 2.02. The maximum absolute atomic E-state index is 12.5. The number of aryl methyl sites for hydroxylation is 1. The third kappa shape index (κ3) is 3.36. The molecule has 20 heavy (non-hydrogen) atoms. The molecule has 0 aromatic carbocycles. The molecule has 1 amide bonds. The standard InChI is InChI=1S/C14H25N5O/c1-10(2)5-7-18-9-13(16-17-18)14(20)19-8-6-15-11(3)12(19)4/h9-12,15H,5-8H2,1-4H3. The Morgan fingerprint density at radius 2 is 2.25 bits per heavy atom. The van der Waals surface area contributed by atoms with Crippen LogP contribution in [-0.4, -0.2) is 51.0 Å². The van der Waals surface area contributed by atoms with Gasteiger partial charge in [0.2, 0.25) is 0 Å². The van der Waals surface area contributed by atoms with Crippen molar-refractivity contribution in [2.24, 2.45) is 5.92 Å². The molecule has 1 aliphatic rings. The molecule has 0 radical (unpaired) electrons. The van der Waals surface area contributed by atoms with Crippen LogP contribution < -0.4 is 5.32 Å². The molecular weight excluding hydrogens is 254 g/mol. The molecular formula is C14H25N5O. The van der Waals surface area contributed by atoms with Crippen LogP contribution in [0.15, 0.2) is 6.20 Å². The van der Waals surface area contributed by atoms with Crippen LogP contribution in [0.5, 0.6) is 0 Å². The number of nitrogens with one attached hydrogen (secondary N) is 1. The first-order valence-corrected chi connectivity index (χ1v) is 7.43. The maximum atomic E-state index is 12.5. The molecule has 2 atom stereocenters. The van der Waals surface area contributed by atoms with Gasteiger partial charge in [-0.15, -0.1) is 5.10 Å². The van der Waals surface area contributed by atoms with E-state index >= 15 is 0 Å². The molecule has 1 saturated heterocycles. The van der Waals surface area contributed by atoms with Crippen molar-refractivity contribution < 1.29 is 4.79 Å². The largest absolute Gasteiger partial charge is 0.332 e. The highest BCUT2D eigenvalue weighted by Gasteiger charge is 2.30. The van der Waals surface area contributed by atoms with E-state index in [1.165, 1.54) is 0 Å². The first kappa shape index (κ1) is 15.0. The topological polar surface area (TPSA) is 63.1 Å². The van der Waals surface area contributed by atoms with Crippen LogP contribution in [0.2, 0.25) is 0 Å². The molecule has 1 aromatic rings. The van der Waals surface area contributed by atoms with E-state index in [1.807, 2.05) is 4.90 Å². The van der Waals surface area contributed by atoms with E-state index in [4.69, 9.17) is 0 Å². The molecule has 0 aliphatic carbocycles. The summed E-state index contributed by atoms with van der Waals surface area (Å²) in [4.78, 5) is 14.4. The lowest BCUT2D eigenvalue weighted by atomic mass is 10.1. The van der Waals surface area contributed by atoms with E-state index in [2.05, 4.69) is 43.3 Å². The van der Waals surface area contributed by atoms with E-state index in [1.54, 1.807) is 10.9 Å². The summed E-state index contributed by atoms with van der Waals surface area (Å²) < 4.78 is 1.77. The molecule has 6 nitrogen and oxygen atoms in total. The molecule has 0 bridgehead atoms. The van der Waals surface area contributed by atoms with Crippen molar-refractivity contribution in [3.8, 4) is 0 Å². The van der Waals surface area contributed by atoms with Gasteiger partial charge in [-0.2, -0.15) is 0 Å². The van der Waals surface area contributed by atoms with Crippen LogP contribution in [0.1, 0.15) is 44.6 Å². The van der Waals surface area contributed by atoms with Crippen molar-refractivity contribution in [2.75, 3.05) is 13.1 Å². The lowest BCUT2D eigenvalue weighted by Crippen LogP contribution is -2.57. The Hall–Kier alpha value is -1.43. The summed E-state index contributed by atoms with van der Waals surface area (Å²) in [7, 11) is 0. The zero-order valence-electron chi connectivity index (χ0n) is 12.8. The summed E-state index contributed by atoms with van der Waals surface area (Å²) in [6.07, 6.45) is 2.81. The minimum Gasteiger partial charge on any atom is -0.332 e. The molecule has 1 fully saturated rings. The molecule has 112 valence electrons. The Kier molecular flexibility index (Phi) is 4.75. The van der Waals surface area contributed by atoms with Crippen molar-refractivity contribution >= 4 is 5.91 Å². The van der Waals surface area contributed by atoms with Crippen LogP contribution >= 0.6 is 0 Å². The van der Waals surface area contributed by atoms with Crippen molar-refractivity contribution in [3.05, 3.63) is 11.9 Å². The first-order valence-electron chi connectivity index (χ1n) is 7.43. The molecule has 0 saturated carbocycles. The summed E-state index contributed by atoms with van der Waals surface area (Å²) in [5.41, 5.74) is 0.453. The van der Waals surface area contributed by atoms with Gasteiger partial charge >= 0.3 is 0 Å². The van der Waals surface area contributed by atoms with Gasteiger partial charge < -0.3 is 10.2 Å². The molecule has 2 rings (SSSR count). The van der Waals surface area contributed by atoms with Gasteiger partial charge in [-0.05, 0) is 26.2 Å². The lowest BCUT2D eigenvalue weighted by Gasteiger charge is -2.38. The third-order valence-corrected chi connectivity index (χ3v) is 3.99. The van der Waals surface area contributed by atoms with E-state index in [9.17, 15) is 4.79 Å². The molecule has 2 unspecified atom stereocenters. The van der Waals surface area contributed by atoms with Gasteiger partial charge in [-0.3, -0.25) is 9.48 Å². The van der Waals surface area contributed by atoms with Gasteiger partial charge in [0.05, 0.1) is 6.20 Å². The Morgan fingerprint density at radius 1 is 1.50 bits per heavy atom. The average molecular weight is 279 g/mol. The molecule has 1 aliphatic heterocycles. The van der Waals surface area contributed by atoms with E-state index in [0.717, 1.165) is 26.1 Å². The van der Waals surface area contributed by atoms with Crippen LogP contribution in [0.25, 0.3) is 0 Å². The summed E-state index contributed by atoms with van der Waals surface area (Å²) in [5, 5.41) is 11.5. The fourth-order valence-electron chi connectivity index (χ4n) is 2.39. The van der Waals surface area contributed by atoms with Crippen LogP contribution in [-0.2, 0) is 6.54 Å². The molecule has 6 heteroatoms. The summed E-state index contributed by atoms with van der Waals surface area (Å²) >= 11 is 0. The highest BCUT2D eigenvalue weighted by Crippen LogP contribution is 2.12. The van der Waals surface area contributed by atoms with Gasteiger partial charge in [0.15, 0.2) is 5.69 Å². The SMILES string of the molecule is CC(C)CCn1cc(C(=O)N2CCNC(C)C2C)nn1. The minimum atomic E-state index is -0.0124. The van der Waals surface area contributed by atoms with Gasteiger partial charge in [-0.1, -0.05) is 19.1 Å². The Labute approximate surface area is 120 Å². The quantitative estimate of drug-likeness (QED) is 0.898. The smallest absolute Gasteiger partial charge is 0.276 e. The molecule has 1 N–H and O–H groups in total. The average Bonchev–Trinajstić information content (AvgIpc) is 2.87. The highest BCUT2D eigenvalue weighted by molar-refractivity contribution is 5.92. The van der Waals surface area contributed by atoms with E-state index < -0.39 is 0 Å². The van der Waals surface area contributed by atoms with E-state index in [-0.39, 0.29) is 11.9 Å². The molecule has 0 spiro atoms. The summed E-state index contributed by atoms with van der Waals surface area (Å²) in [5.74, 6) is 0.606. The van der Waals surface area contributed by atoms with Gasteiger partial charge in [0.1, 0.15) is 0 Å². The number of piperazine rings is 1. The third-order valence-electron chi connectivity index (χ3n) is 3.99.